The molecule has 1 aromatic rings. The first kappa shape index (κ1) is 9.47. The molecule has 0 aliphatic heterocycles. The van der Waals surface area contributed by atoms with E-state index in [2.05, 4.69) is 10.2 Å². The Labute approximate surface area is 74.5 Å². The first-order valence-electron chi connectivity index (χ1n) is 3.53. The van der Waals surface area contributed by atoms with Crippen LogP contribution < -0.4 is 11.3 Å². The van der Waals surface area contributed by atoms with Crippen LogP contribution in [-0.2, 0) is 4.74 Å². The van der Waals surface area contributed by atoms with Crippen LogP contribution >= 0.6 is 0 Å². The number of methoxy groups -OCH3 is 1. The van der Waals surface area contributed by atoms with Crippen molar-refractivity contribution in [3.8, 4) is 0 Å². The number of hydrogen-bond donors (Lipinski definition) is 2. The summed E-state index contributed by atoms with van der Waals surface area (Å²) in [5, 5.41) is 0. The molecule has 0 fully saturated rings. The van der Waals surface area contributed by atoms with Crippen LogP contribution in [0.5, 0.6) is 0 Å². The zero-order chi connectivity index (χ0) is 9.84. The molecule has 0 unspecified atom stereocenters. The number of esters is 1. The van der Waals surface area contributed by atoms with Crippen molar-refractivity contribution in [3.63, 3.8) is 0 Å². The molecule has 0 heterocycles. The van der Waals surface area contributed by atoms with Gasteiger partial charge in [-0.15, -0.1) is 0 Å². The Hall–Kier alpha value is -1.62. The summed E-state index contributed by atoms with van der Waals surface area (Å²) in [5.74, 6) is 3.83. The Morgan fingerprint density at radius 1 is 1.62 bits per heavy atom. The van der Waals surface area contributed by atoms with Crippen LogP contribution in [0.25, 0.3) is 0 Å². The molecule has 1 aromatic carbocycles. The molecule has 0 aliphatic rings. The van der Waals surface area contributed by atoms with Gasteiger partial charge in [0.05, 0.1) is 18.4 Å². The standard InChI is InChI=1S/C8H9FN2O2/c1-13-8(12)5-2-3-7(11-10)6(9)4-5/h2-4,11H,10H2,1H3. The minimum atomic E-state index is -0.592. The lowest BCUT2D eigenvalue weighted by Crippen LogP contribution is -2.09. The van der Waals surface area contributed by atoms with E-state index in [4.69, 9.17) is 5.84 Å². The number of carbonyl (C=O) groups excluding carboxylic acids is 1. The number of nitrogen functional groups attached to an aromatic ring is 1. The summed E-state index contributed by atoms with van der Waals surface area (Å²) in [6.07, 6.45) is 0. The number of ether oxygens (including phenoxy) is 1. The molecule has 13 heavy (non-hydrogen) atoms. The van der Waals surface area contributed by atoms with Gasteiger partial charge < -0.3 is 10.2 Å². The number of anilines is 1. The van der Waals surface area contributed by atoms with Crippen LogP contribution in [0.4, 0.5) is 10.1 Å². The number of rotatable bonds is 2. The molecule has 0 aliphatic carbocycles. The Morgan fingerprint density at radius 3 is 2.77 bits per heavy atom. The molecular formula is C8H9FN2O2. The maximum atomic E-state index is 13.0. The number of carbonyl (C=O) groups is 1. The van der Waals surface area contributed by atoms with Crippen molar-refractivity contribution in [2.45, 2.75) is 0 Å². The van der Waals surface area contributed by atoms with Crippen LogP contribution in [0.2, 0.25) is 0 Å². The molecule has 0 saturated heterocycles. The van der Waals surface area contributed by atoms with Gasteiger partial charge in [-0.25, -0.2) is 9.18 Å². The van der Waals surface area contributed by atoms with Gasteiger partial charge in [0.1, 0.15) is 5.82 Å². The largest absolute Gasteiger partial charge is 0.465 e. The molecule has 0 bridgehead atoms. The molecule has 0 aromatic heterocycles. The van der Waals surface area contributed by atoms with E-state index in [9.17, 15) is 9.18 Å². The number of benzene rings is 1. The molecule has 0 radical (unpaired) electrons. The molecule has 0 amide bonds. The highest BCUT2D eigenvalue weighted by molar-refractivity contribution is 5.89. The minimum absolute atomic E-state index is 0.132. The SMILES string of the molecule is COC(=O)c1ccc(NN)c(F)c1. The predicted molar refractivity (Wildman–Crippen MR) is 45.5 cm³/mol. The highest BCUT2D eigenvalue weighted by Crippen LogP contribution is 2.14. The second kappa shape index (κ2) is 3.86. The van der Waals surface area contributed by atoms with E-state index >= 15 is 0 Å². The number of nitrogens with one attached hydrogen (secondary N) is 1. The average molecular weight is 184 g/mol. The van der Waals surface area contributed by atoms with Gasteiger partial charge in [-0.3, -0.25) is 5.84 Å². The van der Waals surface area contributed by atoms with E-state index in [1.54, 1.807) is 0 Å². The summed E-state index contributed by atoms with van der Waals surface area (Å²) in [6.45, 7) is 0. The van der Waals surface area contributed by atoms with Crippen LogP contribution in [0.1, 0.15) is 10.4 Å². The zero-order valence-electron chi connectivity index (χ0n) is 7.00. The Balaban J connectivity index is 3.02. The smallest absolute Gasteiger partial charge is 0.337 e. The number of nitrogens with two attached hydrogens (primary N) is 1. The molecule has 0 atom stereocenters. The monoisotopic (exact) mass is 184 g/mol. The third kappa shape index (κ3) is 1.94. The molecule has 70 valence electrons. The number of halogens is 1. The van der Waals surface area contributed by atoms with Gasteiger partial charge >= 0.3 is 5.97 Å². The van der Waals surface area contributed by atoms with Gasteiger partial charge in [0.25, 0.3) is 0 Å². The van der Waals surface area contributed by atoms with E-state index in [1.165, 1.54) is 19.2 Å². The van der Waals surface area contributed by atoms with Crippen molar-refractivity contribution < 1.29 is 13.9 Å². The fourth-order valence-corrected chi connectivity index (χ4v) is 0.877. The van der Waals surface area contributed by atoms with E-state index in [0.717, 1.165) is 6.07 Å². The van der Waals surface area contributed by atoms with Crippen molar-refractivity contribution in [1.82, 2.24) is 0 Å². The van der Waals surface area contributed by atoms with Crippen LogP contribution in [0, 0.1) is 5.82 Å². The molecule has 5 heteroatoms. The maximum Gasteiger partial charge on any atom is 0.337 e. The van der Waals surface area contributed by atoms with Gasteiger partial charge in [0, 0.05) is 0 Å². The Bertz CT molecular complexity index is 328. The average Bonchev–Trinajstić information content (AvgIpc) is 2.16. The second-order valence-corrected chi connectivity index (χ2v) is 2.33. The second-order valence-electron chi connectivity index (χ2n) is 2.33. The molecule has 3 N–H and O–H groups in total. The Kier molecular flexibility index (Phi) is 2.81. The van der Waals surface area contributed by atoms with Crippen molar-refractivity contribution in [1.29, 1.82) is 0 Å². The fraction of sp³-hybridized carbons (Fsp3) is 0.125. The van der Waals surface area contributed by atoms with Crippen molar-refractivity contribution in [2.24, 2.45) is 5.84 Å². The van der Waals surface area contributed by atoms with Crippen LogP contribution in [0.15, 0.2) is 18.2 Å². The molecule has 0 saturated carbocycles. The highest BCUT2D eigenvalue weighted by Gasteiger charge is 2.08. The third-order valence-electron chi connectivity index (χ3n) is 1.55. The summed E-state index contributed by atoms with van der Waals surface area (Å²) in [6, 6.07) is 3.84. The lowest BCUT2D eigenvalue weighted by atomic mass is 10.2. The topological polar surface area (TPSA) is 64.3 Å². The van der Waals surface area contributed by atoms with E-state index in [-0.39, 0.29) is 11.3 Å². The lowest BCUT2D eigenvalue weighted by molar-refractivity contribution is 0.0600. The predicted octanol–water partition coefficient (Wildman–Crippen LogP) is 0.898. The lowest BCUT2D eigenvalue weighted by Gasteiger charge is -2.03. The van der Waals surface area contributed by atoms with E-state index in [1.807, 2.05) is 0 Å². The fourth-order valence-electron chi connectivity index (χ4n) is 0.877. The van der Waals surface area contributed by atoms with Gasteiger partial charge in [-0.1, -0.05) is 0 Å². The molecular weight excluding hydrogens is 175 g/mol. The van der Waals surface area contributed by atoms with E-state index in [0.29, 0.717) is 0 Å². The van der Waals surface area contributed by atoms with Crippen molar-refractivity contribution in [3.05, 3.63) is 29.6 Å². The highest BCUT2D eigenvalue weighted by atomic mass is 19.1. The summed E-state index contributed by atoms with van der Waals surface area (Å²) in [5.41, 5.74) is 2.44. The third-order valence-corrected chi connectivity index (χ3v) is 1.55. The first-order valence-corrected chi connectivity index (χ1v) is 3.53. The van der Waals surface area contributed by atoms with Gasteiger partial charge in [0.15, 0.2) is 0 Å². The number of hydrogen-bond acceptors (Lipinski definition) is 4. The maximum absolute atomic E-state index is 13.0. The van der Waals surface area contributed by atoms with Gasteiger partial charge in [-0.2, -0.15) is 0 Å². The summed E-state index contributed by atoms with van der Waals surface area (Å²) in [4.78, 5) is 10.9. The van der Waals surface area contributed by atoms with E-state index < -0.39 is 11.8 Å². The molecule has 0 spiro atoms. The zero-order valence-corrected chi connectivity index (χ0v) is 7.00. The summed E-state index contributed by atoms with van der Waals surface area (Å²) in [7, 11) is 1.23. The summed E-state index contributed by atoms with van der Waals surface area (Å²) < 4.78 is 17.4. The quantitative estimate of drug-likeness (QED) is 0.407. The van der Waals surface area contributed by atoms with Crippen molar-refractivity contribution >= 4 is 11.7 Å². The van der Waals surface area contributed by atoms with Crippen LogP contribution in [0.3, 0.4) is 0 Å². The van der Waals surface area contributed by atoms with Crippen LogP contribution in [-0.4, -0.2) is 13.1 Å². The normalized spacial score (nSPS) is 9.46. The Morgan fingerprint density at radius 2 is 2.31 bits per heavy atom. The molecule has 1 rings (SSSR count). The first-order chi connectivity index (χ1) is 6.19. The van der Waals surface area contributed by atoms with Crippen molar-refractivity contribution in [2.75, 3.05) is 12.5 Å². The van der Waals surface area contributed by atoms with Gasteiger partial charge in [0.2, 0.25) is 0 Å². The molecule has 4 nitrogen and oxygen atoms in total. The summed E-state index contributed by atoms with van der Waals surface area (Å²) >= 11 is 0. The van der Waals surface area contributed by atoms with Gasteiger partial charge in [-0.05, 0) is 18.2 Å². The number of hydrazine groups is 1. The minimum Gasteiger partial charge on any atom is -0.465 e.